The minimum Gasteiger partial charge on any atom is -0.361 e. The number of rotatable bonds is 2. The van der Waals surface area contributed by atoms with Gasteiger partial charge in [-0.05, 0) is 41.1 Å². The number of benzene rings is 2. The molecule has 0 unspecified atom stereocenters. The Hall–Kier alpha value is -2.62. The van der Waals surface area contributed by atoms with Crippen LogP contribution in [-0.2, 0) is 0 Å². The van der Waals surface area contributed by atoms with E-state index in [2.05, 4.69) is 4.98 Å². The number of hydrogen-bond acceptors (Lipinski definition) is 2. The lowest BCUT2D eigenvalue weighted by Crippen LogP contribution is -1.90. The highest BCUT2D eigenvalue weighted by atomic mass is 16.6. The molecule has 19 heavy (non-hydrogen) atoms. The minimum atomic E-state index is -0.365. The van der Waals surface area contributed by atoms with Crippen LogP contribution in [0.3, 0.4) is 0 Å². The Morgan fingerprint density at radius 3 is 2.74 bits per heavy atom. The molecule has 4 nitrogen and oxygen atoms in total. The molecule has 0 aliphatic carbocycles. The predicted octanol–water partition coefficient (Wildman–Crippen LogP) is 4.05. The fraction of sp³-hybridized carbons (Fsp3) is 0.0667. The summed E-state index contributed by atoms with van der Waals surface area (Å²) in [6.07, 6.45) is 1.88. The van der Waals surface area contributed by atoms with Crippen LogP contribution >= 0.6 is 0 Å². The number of aromatic nitrogens is 1. The number of nitrogens with zero attached hydrogens (tertiary/aromatic N) is 1. The molecule has 1 N–H and O–H groups in total. The van der Waals surface area contributed by atoms with Crippen LogP contribution < -0.4 is 0 Å². The standard InChI is InChI=1S/C15H12N2O2/c1-10-2-5-13(17(18)19)9-14(10)12-4-3-11-6-7-16-15(11)8-12/h2-9,16H,1H3. The van der Waals surface area contributed by atoms with Gasteiger partial charge in [0, 0.05) is 23.8 Å². The Bertz CT molecular complexity index is 775. The molecular formula is C15H12N2O2. The zero-order chi connectivity index (χ0) is 13.4. The second kappa shape index (κ2) is 4.24. The summed E-state index contributed by atoms with van der Waals surface area (Å²) in [6.45, 7) is 1.96. The largest absolute Gasteiger partial charge is 0.361 e. The maximum atomic E-state index is 10.9. The third-order valence-electron chi connectivity index (χ3n) is 3.30. The number of hydrogen-bond donors (Lipinski definition) is 1. The molecule has 0 atom stereocenters. The van der Waals surface area contributed by atoms with Crippen molar-refractivity contribution in [2.45, 2.75) is 6.92 Å². The summed E-state index contributed by atoms with van der Waals surface area (Å²) < 4.78 is 0. The molecule has 0 amide bonds. The van der Waals surface area contributed by atoms with Crippen LogP contribution in [0.1, 0.15) is 5.56 Å². The van der Waals surface area contributed by atoms with Crippen LogP contribution in [0.2, 0.25) is 0 Å². The third-order valence-corrected chi connectivity index (χ3v) is 3.30. The van der Waals surface area contributed by atoms with Gasteiger partial charge in [0.15, 0.2) is 0 Å². The molecular weight excluding hydrogens is 240 g/mol. The van der Waals surface area contributed by atoms with Crippen molar-refractivity contribution in [3.05, 3.63) is 64.3 Å². The van der Waals surface area contributed by atoms with Crippen LogP contribution in [0.25, 0.3) is 22.0 Å². The first-order valence-corrected chi connectivity index (χ1v) is 5.98. The first kappa shape index (κ1) is 11.5. The maximum absolute atomic E-state index is 10.9. The third kappa shape index (κ3) is 1.97. The molecule has 0 aliphatic heterocycles. The van der Waals surface area contributed by atoms with Crippen molar-refractivity contribution in [3.63, 3.8) is 0 Å². The number of aromatic amines is 1. The van der Waals surface area contributed by atoms with Gasteiger partial charge in [-0.2, -0.15) is 0 Å². The van der Waals surface area contributed by atoms with E-state index in [4.69, 9.17) is 0 Å². The fourth-order valence-corrected chi connectivity index (χ4v) is 2.25. The molecule has 0 saturated carbocycles. The number of H-pyrrole nitrogens is 1. The number of aryl methyl sites for hydroxylation is 1. The number of nitro benzene ring substituents is 1. The summed E-state index contributed by atoms with van der Waals surface area (Å²) in [7, 11) is 0. The first-order chi connectivity index (χ1) is 9.15. The summed E-state index contributed by atoms with van der Waals surface area (Å²) in [6, 6.07) is 13.0. The monoisotopic (exact) mass is 252 g/mol. The predicted molar refractivity (Wildman–Crippen MR) is 75.1 cm³/mol. The Balaban J connectivity index is 2.19. The van der Waals surface area contributed by atoms with Crippen molar-refractivity contribution >= 4 is 16.6 Å². The van der Waals surface area contributed by atoms with Crippen LogP contribution in [0.15, 0.2) is 48.7 Å². The maximum Gasteiger partial charge on any atom is 0.270 e. The summed E-state index contributed by atoms with van der Waals surface area (Å²) in [5.74, 6) is 0. The summed E-state index contributed by atoms with van der Waals surface area (Å²) >= 11 is 0. The molecule has 1 heterocycles. The summed E-state index contributed by atoms with van der Waals surface area (Å²) in [4.78, 5) is 13.7. The van der Waals surface area contributed by atoms with Gasteiger partial charge >= 0.3 is 0 Å². The van der Waals surface area contributed by atoms with Gasteiger partial charge in [-0.15, -0.1) is 0 Å². The Labute approximate surface area is 109 Å². The van der Waals surface area contributed by atoms with Crippen LogP contribution in [-0.4, -0.2) is 9.91 Å². The van der Waals surface area contributed by atoms with E-state index in [1.807, 2.05) is 37.4 Å². The van der Waals surface area contributed by atoms with Crippen molar-refractivity contribution in [3.8, 4) is 11.1 Å². The molecule has 0 bridgehead atoms. The topological polar surface area (TPSA) is 58.9 Å². The van der Waals surface area contributed by atoms with E-state index in [1.54, 1.807) is 12.1 Å². The van der Waals surface area contributed by atoms with Crippen molar-refractivity contribution in [2.24, 2.45) is 0 Å². The van der Waals surface area contributed by atoms with Crippen molar-refractivity contribution in [2.75, 3.05) is 0 Å². The Morgan fingerprint density at radius 2 is 1.95 bits per heavy atom. The lowest BCUT2D eigenvalue weighted by molar-refractivity contribution is -0.384. The minimum absolute atomic E-state index is 0.118. The van der Waals surface area contributed by atoms with E-state index in [0.717, 1.165) is 27.6 Å². The molecule has 0 spiro atoms. The Kier molecular flexibility index (Phi) is 2.56. The van der Waals surface area contributed by atoms with E-state index in [-0.39, 0.29) is 10.6 Å². The van der Waals surface area contributed by atoms with Crippen LogP contribution in [0, 0.1) is 17.0 Å². The number of non-ortho nitro benzene ring substituents is 1. The quantitative estimate of drug-likeness (QED) is 0.552. The fourth-order valence-electron chi connectivity index (χ4n) is 2.25. The molecule has 0 fully saturated rings. The van der Waals surface area contributed by atoms with E-state index in [9.17, 15) is 10.1 Å². The van der Waals surface area contributed by atoms with E-state index >= 15 is 0 Å². The number of fused-ring (bicyclic) bond motifs is 1. The highest BCUT2D eigenvalue weighted by molar-refractivity contribution is 5.85. The van der Waals surface area contributed by atoms with Gasteiger partial charge < -0.3 is 4.98 Å². The number of nitro groups is 1. The van der Waals surface area contributed by atoms with Crippen molar-refractivity contribution in [1.29, 1.82) is 0 Å². The van der Waals surface area contributed by atoms with Gasteiger partial charge in [-0.1, -0.05) is 18.2 Å². The van der Waals surface area contributed by atoms with Gasteiger partial charge in [-0.3, -0.25) is 10.1 Å². The van der Waals surface area contributed by atoms with Gasteiger partial charge in [0.1, 0.15) is 0 Å². The second-order valence-corrected chi connectivity index (χ2v) is 4.54. The highest BCUT2D eigenvalue weighted by Crippen LogP contribution is 2.29. The van der Waals surface area contributed by atoms with Gasteiger partial charge in [0.05, 0.1) is 4.92 Å². The zero-order valence-electron chi connectivity index (χ0n) is 10.4. The normalized spacial score (nSPS) is 10.8. The molecule has 0 radical (unpaired) electrons. The van der Waals surface area contributed by atoms with E-state index in [0.29, 0.717) is 0 Å². The second-order valence-electron chi connectivity index (χ2n) is 4.54. The average molecular weight is 252 g/mol. The lowest BCUT2D eigenvalue weighted by Gasteiger charge is -2.06. The zero-order valence-corrected chi connectivity index (χ0v) is 10.4. The molecule has 0 aliphatic rings. The van der Waals surface area contributed by atoms with Crippen molar-refractivity contribution in [1.82, 2.24) is 4.98 Å². The molecule has 3 rings (SSSR count). The number of nitrogens with one attached hydrogen (secondary N) is 1. The SMILES string of the molecule is Cc1ccc([N+](=O)[O-])cc1-c1ccc2cc[nH]c2c1. The molecule has 1 aromatic heterocycles. The lowest BCUT2D eigenvalue weighted by atomic mass is 9.99. The van der Waals surface area contributed by atoms with Gasteiger partial charge in [0.2, 0.25) is 0 Å². The van der Waals surface area contributed by atoms with E-state index in [1.165, 1.54) is 6.07 Å². The highest BCUT2D eigenvalue weighted by Gasteiger charge is 2.10. The van der Waals surface area contributed by atoms with Gasteiger partial charge in [-0.25, -0.2) is 0 Å². The van der Waals surface area contributed by atoms with Crippen LogP contribution in [0.5, 0.6) is 0 Å². The molecule has 3 aromatic rings. The smallest absolute Gasteiger partial charge is 0.270 e. The summed E-state index contributed by atoms with van der Waals surface area (Å²) in [5, 5.41) is 12.0. The molecule has 4 heteroatoms. The first-order valence-electron chi connectivity index (χ1n) is 5.98. The van der Waals surface area contributed by atoms with E-state index < -0.39 is 0 Å². The molecule has 94 valence electrons. The van der Waals surface area contributed by atoms with Gasteiger partial charge in [0.25, 0.3) is 5.69 Å². The van der Waals surface area contributed by atoms with Crippen molar-refractivity contribution < 1.29 is 4.92 Å². The Morgan fingerprint density at radius 1 is 1.11 bits per heavy atom. The summed E-state index contributed by atoms with van der Waals surface area (Å²) in [5.41, 5.74) is 4.05. The molecule has 2 aromatic carbocycles. The molecule has 0 saturated heterocycles. The van der Waals surface area contributed by atoms with Crippen LogP contribution in [0.4, 0.5) is 5.69 Å². The average Bonchev–Trinajstić information content (AvgIpc) is 2.86.